The first kappa shape index (κ1) is 20.2. The van der Waals surface area contributed by atoms with Gasteiger partial charge in [-0.3, -0.25) is 4.79 Å². The van der Waals surface area contributed by atoms with Crippen molar-refractivity contribution in [3.05, 3.63) is 95.6 Å². The zero-order valence-electron chi connectivity index (χ0n) is 17.0. The van der Waals surface area contributed by atoms with Gasteiger partial charge in [0, 0.05) is 24.3 Å². The van der Waals surface area contributed by atoms with Crippen molar-refractivity contribution in [3.8, 4) is 11.5 Å². The predicted molar refractivity (Wildman–Crippen MR) is 118 cm³/mol. The Balaban J connectivity index is 1.74. The maximum atomic E-state index is 13.7. The first-order valence-corrected chi connectivity index (χ1v) is 10.6. The number of fused-ring (bicyclic) bond motifs is 2. The monoisotopic (exact) mass is 401 g/mol. The lowest BCUT2D eigenvalue weighted by atomic mass is 9.68. The van der Waals surface area contributed by atoms with Crippen LogP contribution in [0.3, 0.4) is 0 Å². The number of carbonyl (C=O) groups is 1. The van der Waals surface area contributed by atoms with E-state index in [0.29, 0.717) is 19.4 Å². The standard InChI is InChI=1S/C26H27NO3/c28-19-9-18-27-25(29)26(17-8-12-20-10-2-1-3-11-20)21-13-4-6-15-23(21)30-24-16-7-5-14-22(24)26/h1-7,10-11,13-16,28H,8-9,12,17-19H2,(H,27,29). The predicted octanol–water partition coefficient (Wildman–Crippen LogP) is 4.60. The van der Waals surface area contributed by atoms with Crippen LogP contribution in [0.5, 0.6) is 11.5 Å². The Morgan fingerprint density at radius 3 is 2.07 bits per heavy atom. The molecule has 0 spiro atoms. The minimum atomic E-state index is -0.824. The van der Waals surface area contributed by atoms with Gasteiger partial charge >= 0.3 is 0 Å². The molecule has 1 aliphatic rings. The number of aryl methyl sites for hydroxylation is 1. The lowest BCUT2D eigenvalue weighted by Gasteiger charge is -2.39. The van der Waals surface area contributed by atoms with Crippen molar-refractivity contribution < 1.29 is 14.6 Å². The summed E-state index contributed by atoms with van der Waals surface area (Å²) >= 11 is 0. The van der Waals surface area contributed by atoms with Crippen molar-refractivity contribution in [2.75, 3.05) is 13.2 Å². The van der Waals surface area contributed by atoms with Crippen LogP contribution >= 0.6 is 0 Å². The quantitative estimate of drug-likeness (QED) is 0.543. The van der Waals surface area contributed by atoms with Crippen LogP contribution in [0.15, 0.2) is 78.9 Å². The molecule has 0 fully saturated rings. The number of hydrogen-bond donors (Lipinski definition) is 2. The fraction of sp³-hybridized carbons (Fsp3) is 0.269. The van der Waals surface area contributed by atoms with Gasteiger partial charge in [-0.15, -0.1) is 0 Å². The maximum absolute atomic E-state index is 13.7. The molecule has 1 heterocycles. The summed E-state index contributed by atoms with van der Waals surface area (Å²) in [5.74, 6) is 1.42. The number of amides is 1. The molecule has 3 aromatic carbocycles. The third kappa shape index (κ3) is 3.83. The number of benzene rings is 3. The van der Waals surface area contributed by atoms with Crippen molar-refractivity contribution >= 4 is 5.91 Å². The lowest BCUT2D eigenvalue weighted by Crippen LogP contribution is -2.47. The molecule has 3 aromatic rings. The Labute approximate surface area is 177 Å². The molecule has 0 bridgehead atoms. The number of para-hydroxylation sites is 2. The molecule has 4 nitrogen and oxygen atoms in total. The zero-order valence-corrected chi connectivity index (χ0v) is 17.0. The summed E-state index contributed by atoms with van der Waals surface area (Å²) in [5, 5.41) is 12.2. The molecular weight excluding hydrogens is 374 g/mol. The molecule has 0 saturated carbocycles. The minimum absolute atomic E-state index is 0.0350. The van der Waals surface area contributed by atoms with Crippen LogP contribution in [0.2, 0.25) is 0 Å². The van der Waals surface area contributed by atoms with Crippen LogP contribution in [0.25, 0.3) is 0 Å². The maximum Gasteiger partial charge on any atom is 0.235 e. The third-order valence-electron chi connectivity index (χ3n) is 5.78. The summed E-state index contributed by atoms with van der Waals surface area (Å²) in [6, 6.07) is 26.0. The fourth-order valence-corrected chi connectivity index (χ4v) is 4.34. The van der Waals surface area contributed by atoms with Crippen LogP contribution in [-0.2, 0) is 16.6 Å². The molecule has 1 amide bonds. The Morgan fingerprint density at radius 2 is 1.43 bits per heavy atom. The molecule has 30 heavy (non-hydrogen) atoms. The van der Waals surface area contributed by atoms with Crippen molar-refractivity contribution in [2.45, 2.75) is 31.1 Å². The van der Waals surface area contributed by atoms with Gasteiger partial charge in [0.05, 0.1) is 0 Å². The molecule has 4 rings (SSSR count). The Morgan fingerprint density at radius 1 is 0.833 bits per heavy atom. The minimum Gasteiger partial charge on any atom is -0.457 e. The number of aliphatic hydroxyl groups is 1. The third-order valence-corrected chi connectivity index (χ3v) is 5.78. The lowest BCUT2D eigenvalue weighted by molar-refractivity contribution is -0.125. The van der Waals surface area contributed by atoms with E-state index in [1.807, 2.05) is 66.7 Å². The van der Waals surface area contributed by atoms with Gasteiger partial charge in [0.15, 0.2) is 0 Å². The van der Waals surface area contributed by atoms with E-state index >= 15 is 0 Å². The number of rotatable bonds is 8. The molecule has 0 radical (unpaired) electrons. The van der Waals surface area contributed by atoms with E-state index in [1.165, 1.54) is 5.56 Å². The molecule has 0 unspecified atom stereocenters. The molecule has 154 valence electrons. The number of carbonyl (C=O) groups excluding carboxylic acids is 1. The summed E-state index contributed by atoms with van der Waals surface area (Å²) in [6.07, 6.45) is 2.97. The average molecular weight is 402 g/mol. The van der Waals surface area contributed by atoms with E-state index in [-0.39, 0.29) is 12.5 Å². The van der Waals surface area contributed by atoms with E-state index in [9.17, 15) is 4.79 Å². The van der Waals surface area contributed by atoms with E-state index in [0.717, 1.165) is 35.5 Å². The van der Waals surface area contributed by atoms with Gasteiger partial charge in [0.2, 0.25) is 5.91 Å². The Hall–Kier alpha value is -3.11. The zero-order chi connectivity index (χ0) is 20.8. The van der Waals surface area contributed by atoms with Gasteiger partial charge in [-0.25, -0.2) is 0 Å². The molecule has 0 saturated heterocycles. The van der Waals surface area contributed by atoms with Crippen molar-refractivity contribution in [1.29, 1.82) is 0 Å². The first-order valence-electron chi connectivity index (χ1n) is 10.6. The highest BCUT2D eigenvalue weighted by molar-refractivity contribution is 5.94. The molecule has 1 aliphatic heterocycles. The van der Waals surface area contributed by atoms with Gasteiger partial charge in [0.1, 0.15) is 16.9 Å². The second kappa shape index (κ2) is 9.14. The van der Waals surface area contributed by atoms with E-state index in [2.05, 4.69) is 17.4 Å². The van der Waals surface area contributed by atoms with Crippen molar-refractivity contribution in [1.82, 2.24) is 5.32 Å². The van der Waals surface area contributed by atoms with E-state index in [4.69, 9.17) is 9.84 Å². The van der Waals surface area contributed by atoms with Gasteiger partial charge in [-0.1, -0.05) is 66.7 Å². The number of aliphatic hydroxyl groups excluding tert-OH is 1. The number of ether oxygens (including phenoxy) is 1. The molecule has 2 N–H and O–H groups in total. The van der Waals surface area contributed by atoms with E-state index < -0.39 is 5.41 Å². The van der Waals surface area contributed by atoms with Crippen LogP contribution in [0.1, 0.15) is 36.0 Å². The smallest absolute Gasteiger partial charge is 0.235 e. The van der Waals surface area contributed by atoms with Crippen LogP contribution < -0.4 is 10.1 Å². The highest BCUT2D eigenvalue weighted by Gasteiger charge is 2.47. The molecule has 4 heteroatoms. The molecule has 0 atom stereocenters. The first-order chi connectivity index (χ1) is 14.8. The summed E-state index contributed by atoms with van der Waals surface area (Å²) in [7, 11) is 0. The largest absolute Gasteiger partial charge is 0.457 e. The summed E-state index contributed by atoms with van der Waals surface area (Å²) in [6.45, 7) is 0.499. The fourth-order valence-electron chi connectivity index (χ4n) is 4.34. The molecular formula is C26H27NO3. The second-order valence-corrected chi connectivity index (χ2v) is 7.67. The van der Waals surface area contributed by atoms with Gasteiger partial charge in [-0.2, -0.15) is 0 Å². The average Bonchev–Trinajstić information content (AvgIpc) is 2.79. The number of nitrogens with one attached hydrogen (secondary N) is 1. The van der Waals surface area contributed by atoms with Crippen LogP contribution in [0.4, 0.5) is 0 Å². The Bertz CT molecular complexity index is 954. The number of hydrogen-bond acceptors (Lipinski definition) is 3. The summed E-state index contributed by atoms with van der Waals surface area (Å²) in [5.41, 5.74) is 2.24. The van der Waals surface area contributed by atoms with Gasteiger partial charge in [0.25, 0.3) is 0 Å². The highest BCUT2D eigenvalue weighted by Crippen LogP contribution is 2.50. The molecule has 0 aromatic heterocycles. The van der Waals surface area contributed by atoms with E-state index in [1.54, 1.807) is 0 Å². The normalized spacial score (nSPS) is 13.6. The molecule has 0 aliphatic carbocycles. The van der Waals surface area contributed by atoms with Crippen molar-refractivity contribution in [3.63, 3.8) is 0 Å². The van der Waals surface area contributed by atoms with Crippen LogP contribution in [-0.4, -0.2) is 24.2 Å². The highest BCUT2D eigenvalue weighted by atomic mass is 16.5. The topological polar surface area (TPSA) is 58.6 Å². The van der Waals surface area contributed by atoms with Crippen LogP contribution in [0, 0.1) is 0 Å². The van der Waals surface area contributed by atoms with Crippen molar-refractivity contribution in [2.24, 2.45) is 0 Å². The summed E-state index contributed by atoms with van der Waals surface area (Å²) < 4.78 is 6.15. The summed E-state index contributed by atoms with van der Waals surface area (Å²) in [4.78, 5) is 13.7. The van der Waals surface area contributed by atoms with Gasteiger partial charge in [-0.05, 0) is 43.4 Å². The Kier molecular flexibility index (Phi) is 6.15. The second-order valence-electron chi connectivity index (χ2n) is 7.67. The SMILES string of the molecule is O=C(NCCCO)C1(CCCc2ccccc2)c2ccccc2Oc2ccccc21. The van der Waals surface area contributed by atoms with Gasteiger partial charge < -0.3 is 15.2 Å².